The van der Waals surface area contributed by atoms with Crippen molar-refractivity contribution in [2.24, 2.45) is 0 Å². The molecule has 0 atom stereocenters. The number of rotatable bonds is 1. The summed E-state index contributed by atoms with van der Waals surface area (Å²) in [7, 11) is 0. The monoisotopic (exact) mass is 173 g/mol. The first-order valence-corrected chi connectivity index (χ1v) is 4.79. The Morgan fingerprint density at radius 2 is 1.67 bits per heavy atom. The van der Waals surface area contributed by atoms with Crippen LogP contribution in [0.15, 0.2) is 47.4 Å². The van der Waals surface area contributed by atoms with Gasteiger partial charge in [0.25, 0.3) is 0 Å². The van der Waals surface area contributed by atoms with Crippen LogP contribution in [0.2, 0.25) is 0 Å². The number of thioether (sulfide) groups is 1. The van der Waals surface area contributed by atoms with Gasteiger partial charge in [0.1, 0.15) is 0 Å². The van der Waals surface area contributed by atoms with Crippen LogP contribution in [-0.2, 0) is 0 Å². The van der Waals surface area contributed by atoms with Crippen molar-refractivity contribution in [3.63, 3.8) is 0 Å². The van der Waals surface area contributed by atoms with E-state index in [-0.39, 0.29) is 0 Å². The van der Waals surface area contributed by atoms with Gasteiger partial charge in [0.2, 0.25) is 0 Å². The first-order valence-electron chi connectivity index (χ1n) is 3.81. The number of benzene rings is 2. The molecule has 0 N–H and O–H groups in total. The third-order valence-corrected chi connectivity index (χ3v) is 2.47. The molecule has 2 aromatic carbocycles. The molecule has 0 aromatic heterocycles. The van der Waals surface area contributed by atoms with Gasteiger partial charge in [0.05, 0.1) is 0 Å². The van der Waals surface area contributed by atoms with Crippen molar-refractivity contribution in [2.45, 2.75) is 4.90 Å². The fourth-order valence-electron chi connectivity index (χ4n) is 1.26. The molecule has 2 aromatic rings. The molecular formula is C11H9S. The number of fused-ring (bicyclic) bond motifs is 1. The maximum Gasteiger partial charge on any atom is 0.00786 e. The molecule has 1 radical (unpaired) electrons. The van der Waals surface area contributed by atoms with Gasteiger partial charge in [-0.05, 0) is 22.9 Å². The van der Waals surface area contributed by atoms with Crippen LogP contribution in [0.4, 0.5) is 0 Å². The summed E-state index contributed by atoms with van der Waals surface area (Å²) in [4.78, 5) is 1.22. The van der Waals surface area contributed by atoms with Crippen LogP contribution in [0, 0.1) is 6.26 Å². The lowest BCUT2D eigenvalue weighted by molar-refractivity contribution is 1.52. The molecular weight excluding hydrogens is 164 g/mol. The van der Waals surface area contributed by atoms with Crippen molar-refractivity contribution in [3.8, 4) is 0 Å². The highest BCUT2D eigenvalue weighted by molar-refractivity contribution is 8.00. The van der Waals surface area contributed by atoms with Gasteiger partial charge in [-0.3, -0.25) is 0 Å². The quantitative estimate of drug-likeness (QED) is 0.592. The minimum absolute atomic E-state index is 1.22. The summed E-state index contributed by atoms with van der Waals surface area (Å²) in [6.07, 6.45) is 3.78. The van der Waals surface area contributed by atoms with E-state index in [2.05, 4.69) is 48.7 Å². The lowest BCUT2D eigenvalue weighted by atomic mass is 10.1. The van der Waals surface area contributed by atoms with Gasteiger partial charge in [0, 0.05) is 11.2 Å². The van der Waals surface area contributed by atoms with Gasteiger partial charge < -0.3 is 0 Å². The summed E-state index contributed by atoms with van der Waals surface area (Å²) >= 11 is 1.53. The Balaban J connectivity index is 2.67. The van der Waals surface area contributed by atoms with E-state index in [9.17, 15) is 0 Å². The fourth-order valence-corrected chi connectivity index (χ4v) is 1.63. The third kappa shape index (κ3) is 1.32. The van der Waals surface area contributed by atoms with Crippen LogP contribution in [0.1, 0.15) is 0 Å². The van der Waals surface area contributed by atoms with Gasteiger partial charge in [-0.1, -0.05) is 30.3 Å². The highest BCUT2D eigenvalue weighted by atomic mass is 32.2. The zero-order chi connectivity index (χ0) is 8.39. The van der Waals surface area contributed by atoms with Gasteiger partial charge in [-0.2, -0.15) is 0 Å². The summed E-state index contributed by atoms with van der Waals surface area (Å²) in [6.45, 7) is 0. The maximum atomic E-state index is 3.78. The van der Waals surface area contributed by atoms with Gasteiger partial charge in [0.15, 0.2) is 0 Å². The van der Waals surface area contributed by atoms with Crippen LogP contribution in [0.3, 0.4) is 0 Å². The van der Waals surface area contributed by atoms with Crippen LogP contribution in [-0.4, -0.2) is 0 Å². The average molecular weight is 173 g/mol. The van der Waals surface area contributed by atoms with Crippen molar-refractivity contribution < 1.29 is 0 Å². The zero-order valence-corrected chi connectivity index (χ0v) is 7.47. The van der Waals surface area contributed by atoms with E-state index in [4.69, 9.17) is 0 Å². The van der Waals surface area contributed by atoms with E-state index < -0.39 is 0 Å². The predicted octanol–water partition coefficient (Wildman–Crippen LogP) is 3.72. The molecule has 2 rings (SSSR count). The Morgan fingerprint density at radius 3 is 2.42 bits per heavy atom. The Labute approximate surface area is 76.6 Å². The molecule has 1 heteroatoms. The Morgan fingerprint density at radius 1 is 0.917 bits per heavy atom. The third-order valence-electron chi connectivity index (χ3n) is 1.89. The van der Waals surface area contributed by atoms with E-state index in [0.29, 0.717) is 0 Å². The normalized spacial score (nSPS) is 10.4. The highest BCUT2D eigenvalue weighted by Gasteiger charge is 1.92. The SMILES string of the molecule is [CH2]Sc1ccc2ccccc2c1. The zero-order valence-electron chi connectivity index (χ0n) is 6.66. The van der Waals surface area contributed by atoms with Crippen molar-refractivity contribution in [1.29, 1.82) is 0 Å². The molecule has 0 aliphatic heterocycles. The van der Waals surface area contributed by atoms with Crippen molar-refractivity contribution in [3.05, 3.63) is 48.7 Å². The van der Waals surface area contributed by atoms with E-state index in [1.54, 1.807) is 0 Å². The summed E-state index contributed by atoms with van der Waals surface area (Å²) < 4.78 is 0. The van der Waals surface area contributed by atoms with Crippen LogP contribution < -0.4 is 0 Å². The standard InChI is InChI=1S/C11H9S/c1-12-11-7-6-9-4-2-3-5-10(9)8-11/h2-8H,1H2. The molecule has 0 spiro atoms. The molecule has 0 amide bonds. The topological polar surface area (TPSA) is 0 Å². The Bertz CT molecular complexity index is 393. The second-order valence-corrected chi connectivity index (χ2v) is 3.41. The molecule has 0 aliphatic rings. The van der Waals surface area contributed by atoms with E-state index in [0.717, 1.165) is 0 Å². The van der Waals surface area contributed by atoms with Crippen LogP contribution in [0.25, 0.3) is 10.8 Å². The second kappa shape index (κ2) is 3.20. The first-order chi connectivity index (χ1) is 5.90. The molecule has 0 aliphatic carbocycles. The van der Waals surface area contributed by atoms with Gasteiger partial charge in [-0.25, -0.2) is 0 Å². The summed E-state index contributed by atoms with van der Waals surface area (Å²) in [5, 5.41) is 2.57. The summed E-state index contributed by atoms with van der Waals surface area (Å²) in [6, 6.07) is 14.7. The average Bonchev–Trinajstić information content (AvgIpc) is 2.17. The summed E-state index contributed by atoms with van der Waals surface area (Å²) in [5.41, 5.74) is 0. The minimum Gasteiger partial charge on any atom is -0.125 e. The summed E-state index contributed by atoms with van der Waals surface area (Å²) in [5.74, 6) is 0. The molecule has 0 nitrogen and oxygen atoms in total. The van der Waals surface area contributed by atoms with Crippen LogP contribution in [0.5, 0.6) is 0 Å². The molecule has 0 saturated carbocycles. The Kier molecular flexibility index (Phi) is 2.05. The van der Waals surface area contributed by atoms with Crippen molar-refractivity contribution >= 4 is 22.5 Å². The Hall–Kier alpha value is -0.950. The fraction of sp³-hybridized carbons (Fsp3) is 0. The highest BCUT2D eigenvalue weighted by Crippen LogP contribution is 2.22. The number of hydrogen-bond acceptors (Lipinski definition) is 1. The molecule has 12 heavy (non-hydrogen) atoms. The first kappa shape index (κ1) is 7.69. The van der Waals surface area contributed by atoms with Crippen LogP contribution >= 0.6 is 11.8 Å². The van der Waals surface area contributed by atoms with Crippen molar-refractivity contribution in [1.82, 2.24) is 0 Å². The molecule has 0 saturated heterocycles. The van der Waals surface area contributed by atoms with Crippen molar-refractivity contribution in [2.75, 3.05) is 0 Å². The number of hydrogen-bond donors (Lipinski definition) is 0. The molecule has 59 valence electrons. The van der Waals surface area contributed by atoms with E-state index >= 15 is 0 Å². The largest absolute Gasteiger partial charge is 0.125 e. The minimum atomic E-state index is 1.22. The smallest absolute Gasteiger partial charge is 0.00786 e. The second-order valence-electron chi connectivity index (χ2n) is 2.65. The lowest BCUT2D eigenvalue weighted by Crippen LogP contribution is -1.72. The van der Waals surface area contributed by atoms with Gasteiger partial charge in [-0.15, -0.1) is 11.8 Å². The molecule has 0 unspecified atom stereocenters. The molecule has 0 heterocycles. The molecule has 0 bridgehead atoms. The van der Waals surface area contributed by atoms with E-state index in [1.165, 1.54) is 27.4 Å². The lowest BCUT2D eigenvalue weighted by Gasteiger charge is -1.99. The van der Waals surface area contributed by atoms with Gasteiger partial charge >= 0.3 is 0 Å². The maximum absolute atomic E-state index is 3.78. The van der Waals surface area contributed by atoms with E-state index in [1.807, 2.05) is 0 Å². The molecule has 0 fully saturated rings. The predicted molar refractivity (Wildman–Crippen MR) is 55.2 cm³/mol.